The molecule has 0 radical (unpaired) electrons. The van der Waals surface area contributed by atoms with E-state index in [4.69, 9.17) is 11.6 Å². The Kier molecular flexibility index (Phi) is 4.62. The number of nitrogens with one attached hydrogen (secondary N) is 1. The van der Waals surface area contributed by atoms with Gasteiger partial charge < -0.3 is 0 Å². The first-order valence-electron chi connectivity index (χ1n) is 5.03. The average Bonchev–Trinajstić information content (AvgIpc) is 2.57. The number of anilines is 1. The molecule has 2 rings (SSSR count). The Labute approximate surface area is 137 Å². The Hall–Kier alpha value is -0.0800. The van der Waals surface area contributed by atoms with E-state index in [1.54, 1.807) is 12.1 Å². The van der Waals surface area contributed by atoms with Crippen LogP contribution in [0, 0.1) is 6.92 Å². The third-order valence-electron chi connectivity index (χ3n) is 2.18. The molecule has 0 atom stereocenters. The third kappa shape index (κ3) is 3.72. The molecule has 0 aliphatic carbocycles. The monoisotopic (exact) mass is 443 g/mol. The number of hydrogen-bond acceptors (Lipinski definition) is 3. The maximum Gasteiger partial charge on any atom is 0.271 e. The van der Waals surface area contributed by atoms with Crippen LogP contribution < -0.4 is 4.72 Å². The minimum atomic E-state index is -3.62. The molecule has 102 valence electrons. The zero-order chi connectivity index (χ0) is 14.2. The zero-order valence-corrected chi connectivity index (χ0v) is 15.1. The average molecular weight is 446 g/mol. The Morgan fingerprint density at radius 3 is 2.42 bits per heavy atom. The Balaban J connectivity index is 2.36. The number of aryl methyl sites for hydroxylation is 1. The largest absolute Gasteiger partial charge is 0.279 e. The highest BCUT2D eigenvalue weighted by Gasteiger charge is 2.19. The number of rotatable bonds is 3. The molecule has 0 aliphatic rings. The molecular weight excluding hydrogens is 438 g/mol. The van der Waals surface area contributed by atoms with Crippen molar-refractivity contribution < 1.29 is 8.42 Å². The van der Waals surface area contributed by atoms with Crippen LogP contribution in [0.3, 0.4) is 0 Å². The second-order valence-electron chi connectivity index (χ2n) is 3.81. The number of benzene rings is 1. The minimum absolute atomic E-state index is 0.169. The van der Waals surface area contributed by atoms with Crippen LogP contribution in [-0.2, 0) is 10.0 Å². The number of sulfonamides is 1. The second kappa shape index (κ2) is 5.73. The van der Waals surface area contributed by atoms with Crippen molar-refractivity contribution in [3.63, 3.8) is 0 Å². The minimum Gasteiger partial charge on any atom is -0.279 e. The van der Waals surface area contributed by atoms with Crippen LogP contribution >= 0.6 is 54.8 Å². The van der Waals surface area contributed by atoms with Crippen molar-refractivity contribution in [3.05, 3.63) is 43.1 Å². The van der Waals surface area contributed by atoms with Gasteiger partial charge in [0.1, 0.15) is 4.21 Å². The summed E-state index contributed by atoms with van der Waals surface area (Å²) in [4.78, 5) is 0. The topological polar surface area (TPSA) is 46.2 Å². The summed E-state index contributed by atoms with van der Waals surface area (Å²) in [6.45, 7) is 1.89. The van der Waals surface area contributed by atoms with Crippen molar-refractivity contribution >= 4 is 70.5 Å². The van der Waals surface area contributed by atoms with E-state index in [-0.39, 0.29) is 4.21 Å². The number of thiophene rings is 1. The van der Waals surface area contributed by atoms with E-state index in [0.29, 0.717) is 14.5 Å². The summed E-state index contributed by atoms with van der Waals surface area (Å²) >= 11 is 13.5. The van der Waals surface area contributed by atoms with Crippen molar-refractivity contribution in [2.45, 2.75) is 11.1 Å². The fourth-order valence-corrected chi connectivity index (χ4v) is 5.51. The van der Waals surface area contributed by atoms with Gasteiger partial charge in [0.25, 0.3) is 10.0 Å². The molecule has 1 N–H and O–H groups in total. The summed E-state index contributed by atoms with van der Waals surface area (Å²) in [5.74, 6) is 0. The third-order valence-corrected chi connectivity index (χ3v) is 6.97. The zero-order valence-electron chi connectivity index (χ0n) is 9.58. The van der Waals surface area contributed by atoms with Crippen molar-refractivity contribution in [1.82, 2.24) is 0 Å². The molecule has 0 aliphatic heterocycles. The lowest BCUT2D eigenvalue weighted by Crippen LogP contribution is -2.11. The summed E-state index contributed by atoms with van der Waals surface area (Å²) < 4.78 is 28.5. The molecular formula is C11H8Br2ClNO2S2. The highest BCUT2D eigenvalue weighted by atomic mass is 79.9. The molecule has 1 aromatic heterocycles. The van der Waals surface area contributed by atoms with E-state index < -0.39 is 10.0 Å². The predicted octanol–water partition coefficient (Wildman–Crippen LogP) is 5.04. The summed E-state index contributed by atoms with van der Waals surface area (Å²) in [5.41, 5.74) is 1.46. The molecule has 1 aromatic carbocycles. The van der Waals surface area contributed by atoms with Gasteiger partial charge in [0, 0.05) is 4.47 Å². The predicted molar refractivity (Wildman–Crippen MR) is 86.7 cm³/mol. The van der Waals surface area contributed by atoms with Gasteiger partial charge in [-0.25, -0.2) is 8.42 Å². The normalized spacial score (nSPS) is 11.6. The maximum absolute atomic E-state index is 12.2. The van der Waals surface area contributed by atoms with Crippen LogP contribution in [-0.4, -0.2) is 8.42 Å². The van der Waals surface area contributed by atoms with Crippen LogP contribution in [0.4, 0.5) is 5.69 Å². The van der Waals surface area contributed by atoms with Crippen LogP contribution in [0.15, 0.2) is 36.7 Å². The van der Waals surface area contributed by atoms with Gasteiger partial charge >= 0.3 is 0 Å². The molecule has 1 heterocycles. The van der Waals surface area contributed by atoms with Gasteiger partial charge in [-0.3, -0.25) is 4.72 Å². The summed E-state index contributed by atoms with van der Waals surface area (Å²) in [5, 5.41) is 0.385. The van der Waals surface area contributed by atoms with E-state index >= 15 is 0 Å². The van der Waals surface area contributed by atoms with Crippen molar-refractivity contribution in [2.75, 3.05) is 4.72 Å². The van der Waals surface area contributed by atoms with Gasteiger partial charge in [0.2, 0.25) is 0 Å². The maximum atomic E-state index is 12.2. The van der Waals surface area contributed by atoms with Gasteiger partial charge in [0.05, 0.1) is 14.5 Å². The molecule has 0 fully saturated rings. The van der Waals surface area contributed by atoms with Gasteiger partial charge in [-0.15, -0.1) is 11.3 Å². The molecule has 0 saturated heterocycles. The molecule has 0 amide bonds. The Bertz CT molecular complexity index is 689. The van der Waals surface area contributed by atoms with Crippen molar-refractivity contribution in [2.24, 2.45) is 0 Å². The fraction of sp³-hybridized carbons (Fsp3) is 0.0909. The van der Waals surface area contributed by atoms with E-state index in [1.807, 2.05) is 13.0 Å². The molecule has 0 spiro atoms. The second-order valence-corrected chi connectivity index (χ2v) is 9.41. The molecule has 8 heteroatoms. The van der Waals surface area contributed by atoms with Gasteiger partial charge in [-0.2, -0.15) is 0 Å². The fourth-order valence-electron chi connectivity index (χ4n) is 1.46. The van der Waals surface area contributed by atoms with E-state index in [2.05, 4.69) is 36.6 Å². The summed E-state index contributed by atoms with van der Waals surface area (Å²) in [7, 11) is -3.62. The van der Waals surface area contributed by atoms with Crippen molar-refractivity contribution in [3.8, 4) is 0 Å². The molecule has 19 heavy (non-hydrogen) atoms. The number of halogens is 3. The van der Waals surface area contributed by atoms with E-state index in [1.165, 1.54) is 6.07 Å². The molecule has 0 bridgehead atoms. The lowest BCUT2D eigenvalue weighted by Gasteiger charge is -2.07. The first kappa shape index (κ1) is 15.3. The highest BCUT2D eigenvalue weighted by Crippen LogP contribution is 2.35. The summed E-state index contributed by atoms with van der Waals surface area (Å²) in [6.07, 6.45) is 0. The summed E-state index contributed by atoms with van der Waals surface area (Å²) in [6, 6.07) is 6.78. The Morgan fingerprint density at radius 2 is 1.89 bits per heavy atom. The van der Waals surface area contributed by atoms with Crippen LogP contribution in [0.5, 0.6) is 0 Å². The van der Waals surface area contributed by atoms with Crippen LogP contribution in [0.2, 0.25) is 5.02 Å². The smallest absolute Gasteiger partial charge is 0.271 e. The first-order chi connectivity index (χ1) is 8.78. The molecule has 0 saturated carbocycles. The lowest BCUT2D eigenvalue weighted by molar-refractivity contribution is 0.603. The first-order valence-corrected chi connectivity index (χ1v) is 9.29. The van der Waals surface area contributed by atoms with Gasteiger partial charge in [-0.1, -0.05) is 27.5 Å². The standard InChI is InChI=1S/C11H8Br2ClNO2S2/c1-6-2-7(12)4-8(3-6)15-19(16,17)10-5-9(14)11(13)18-10/h2-5,15H,1H3. The SMILES string of the molecule is Cc1cc(Br)cc(NS(=O)(=O)c2cc(Cl)c(Br)s2)c1. The van der Waals surface area contributed by atoms with E-state index in [0.717, 1.165) is 21.4 Å². The van der Waals surface area contributed by atoms with Crippen LogP contribution in [0.25, 0.3) is 0 Å². The number of hydrogen-bond donors (Lipinski definition) is 1. The van der Waals surface area contributed by atoms with E-state index in [9.17, 15) is 8.42 Å². The highest BCUT2D eigenvalue weighted by molar-refractivity contribution is 9.11. The van der Waals surface area contributed by atoms with Gasteiger partial charge in [-0.05, 0) is 52.7 Å². The molecule has 0 unspecified atom stereocenters. The molecule has 2 aromatic rings. The Morgan fingerprint density at radius 1 is 1.21 bits per heavy atom. The molecule has 3 nitrogen and oxygen atoms in total. The van der Waals surface area contributed by atoms with Crippen LogP contribution in [0.1, 0.15) is 5.56 Å². The van der Waals surface area contributed by atoms with Gasteiger partial charge in [0.15, 0.2) is 0 Å². The van der Waals surface area contributed by atoms with Crippen molar-refractivity contribution in [1.29, 1.82) is 0 Å². The lowest BCUT2D eigenvalue weighted by atomic mass is 10.2. The quantitative estimate of drug-likeness (QED) is 0.720.